The average molecular weight is 421 g/mol. The number of nitrogens with zero attached hydrogens (tertiary/aromatic N) is 6. The van der Waals surface area contributed by atoms with Crippen LogP contribution in [0.3, 0.4) is 0 Å². The average Bonchev–Trinajstić information content (AvgIpc) is 3.13. The van der Waals surface area contributed by atoms with Gasteiger partial charge >= 0.3 is 11.8 Å². The molecule has 3 rings (SSSR count). The van der Waals surface area contributed by atoms with E-state index in [0.717, 1.165) is 12.8 Å². The Morgan fingerprint density at radius 2 is 1.90 bits per heavy atom. The number of fused-ring (bicyclic) bond motifs is 1. The smallest absolute Gasteiger partial charge is 0.410 e. The highest BCUT2D eigenvalue weighted by Gasteiger charge is 2.38. The number of aliphatic hydroxyl groups is 1. The number of aliphatic hydroxyl groups excluding tert-OH is 1. The van der Waals surface area contributed by atoms with Gasteiger partial charge in [-0.1, -0.05) is 13.8 Å². The SMILES string of the molecule is CC[C@@H]1CN(c2nc(=O)n(C)c3cc(CO)nn23)[C@@H](CC)CN1C(=O)OC(C)(C)C. The number of hydrogen-bond acceptors (Lipinski definition) is 7. The first-order valence-electron chi connectivity index (χ1n) is 10.4. The minimum Gasteiger partial charge on any atom is -0.444 e. The summed E-state index contributed by atoms with van der Waals surface area (Å²) in [7, 11) is 1.63. The molecule has 0 unspecified atom stereocenters. The zero-order valence-corrected chi connectivity index (χ0v) is 18.6. The number of hydrogen-bond donors (Lipinski definition) is 1. The lowest BCUT2D eigenvalue weighted by atomic mass is 10.0. The van der Waals surface area contributed by atoms with Gasteiger partial charge < -0.3 is 19.6 Å². The number of carbonyl (C=O) groups excluding carboxylic acids is 1. The molecule has 3 heterocycles. The summed E-state index contributed by atoms with van der Waals surface area (Å²) in [6, 6.07) is 1.54. The third-order valence-electron chi connectivity index (χ3n) is 5.44. The molecule has 1 saturated heterocycles. The normalized spacial score (nSPS) is 20.1. The van der Waals surface area contributed by atoms with Crippen LogP contribution >= 0.6 is 0 Å². The summed E-state index contributed by atoms with van der Waals surface area (Å²) in [5, 5.41) is 13.9. The second kappa shape index (κ2) is 8.25. The van der Waals surface area contributed by atoms with Crippen LogP contribution in [0, 0.1) is 0 Å². The fourth-order valence-electron chi connectivity index (χ4n) is 3.81. The second-order valence-corrected chi connectivity index (χ2v) is 8.73. The van der Waals surface area contributed by atoms with Gasteiger partial charge in [-0.2, -0.15) is 14.6 Å². The summed E-state index contributed by atoms with van der Waals surface area (Å²) in [6.07, 6.45) is 1.17. The van der Waals surface area contributed by atoms with Crippen LogP contribution in [0.5, 0.6) is 0 Å². The van der Waals surface area contributed by atoms with E-state index in [1.54, 1.807) is 22.5 Å². The van der Waals surface area contributed by atoms with Gasteiger partial charge in [-0.25, -0.2) is 9.59 Å². The summed E-state index contributed by atoms with van der Waals surface area (Å²) < 4.78 is 8.63. The van der Waals surface area contributed by atoms with Gasteiger partial charge in [-0.05, 0) is 33.6 Å². The molecular weight excluding hydrogens is 388 g/mol. The molecule has 1 aliphatic heterocycles. The van der Waals surface area contributed by atoms with E-state index in [2.05, 4.69) is 15.0 Å². The molecule has 10 nitrogen and oxygen atoms in total. The van der Waals surface area contributed by atoms with E-state index in [0.29, 0.717) is 30.4 Å². The molecule has 1 N–H and O–H groups in total. The van der Waals surface area contributed by atoms with E-state index in [9.17, 15) is 14.7 Å². The molecule has 166 valence electrons. The zero-order chi connectivity index (χ0) is 22.2. The van der Waals surface area contributed by atoms with Crippen molar-refractivity contribution in [1.29, 1.82) is 0 Å². The number of aryl methyl sites for hydroxylation is 1. The monoisotopic (exact) mass is 420 g/mol. The number of aromatic nitrogens is 4. The van der Waals surface area contributed by atoms with E-state index in [1.807, 2.05) is 34.6 Å². The van der Waals surface area contributed by atoms with Crippen molar-refractivity contribution in [2.45, 2.75) is 71.8 Å². The van der Waals surface area contributed by atoms with Crippen molar-refractivity contribution >= 4 is 17.7 Å². The number of ether oxygens (including phenoxy) is 1. The van der Waals surface area contributed by atoms with E-state index in [-0.39, 0.29) is 30.5 Å². The van der Waals surface area contributed by atoms with Crippen molar-refractivity contribution in [3.8, 4) is 0 Å². The Kier molecular flexibility index (Phi) is 6.07. The maximum absolute atomic E-state index is 12.8. The highest BCUT2D eigenvalue weighted by atomic mass is 16.6. The van der Waals surface area contributed by atoms with Crippen molar-refractivity contribution in [2.24, 2.45) is 7.05 Å². The minimum absolute atomic E-state index is 0.0510. The molecule has 1 amide bonds. The van der Waals surface area contributed by atoms with Crippen molar-refractivity contribution in [3.05, 3.63) is 22.2 Å². The third kappa shape index (κ3) is 4.14. The van der Waals surface area contributed by atoms with Gasteiger partial charge in [0, 0.05) is 32.2 Å². The number of amides is 1. The van der Waals surface area contributed by atoms with Crippen molar-refractivity contribution in [3.63, 3.8) is 0 Å². The Morgan fingerprint density at radius 3 is 2.47 bits per heavy atom. The number of piperazine rings is 1. The summed E-state index contributed by atoms with van der Waals surface area (Å²) >= 11 is 0. The van der Waals surface area contributed by atoms with Crippen LogP contribution < -0.4 is 10.6 Å². The van der Waals surface area contributed by atoms with Gasteiger partial charge in [0.1, 0.15) is 11.2 Å². The number of anilines is 1. The van der Waals surface area contributed by atoms with Crippen molar-refractivity contribution in [2.75, 3.05) is 18.0 Å². The lowest BCUT2D eigenvalue weighted by Gasteiger charge is -2.46. The molecule has 0 saturated carbocycles. The van der Waals surface area contributed by atoms with Gasteiger partial charge in [0.2, 0.25) is 5.95 Å². The highest BCUT2D eigenvalue weighted by molar-refractivity contribution is 5.69. The maximum atomic E-state index is 12.8. The second-order valence-electron chi connectivity index (χ2n) is 8.73. The molecule has 2 aromatic heterocycles. The molecular formula is C20H32N6O4. The number of rotatable bonds is 4. The summed E-state index contributed by atoms with van der Waals surface area (Å²) in [6.45, 7) is 10.4. The fraction of sp³-hybridized carbons (Fsp3) is 0.700. The predicted octanol–water partition coefficient (Wildman–Crippen LogP) is 1.53. The molecule has 10 heteroatoms. The van der Waals surface area contributed by atoms with E-state index in [1.165, 1.54) is 4.57 Å². The minimum atomic E-state index is -0.566. The summed E-state index contributed by atoms with van der Waals surface area (Å²) in [4.78, 5) is 33.4. The largest absolute Gasteiger partial charge is 0.444 e. The molecule has 0 bridgehead atoms. The Balaban J connectivity index is 2.01. The first-order valence-corrected chi connectivity index (χ1v) is 10.4. The molecule has 2 atom stereocenters. The third-order valence-corrected chi connectivity index (χ3v) is 5.44. The van der Waals surface area contributed by atoms with Crippen LogP contribution in [-0.2, 0) is 18.4 Å². The molecule has 1 aliphatic rings. The van der Waals surface area contributed by atoms with Crippen molar-refractivity contribution < 1.29 is 14.6 Å². The van der Waals surface area contributed by atoms with Gasteiger partial charge in [-0.3, -0.25) is 4.57 Å². The van der Waals surface area contributed by atoms with Crippen LogP contribution in [0.1, 0.15) is 53.2 Å². The van der Waals surface area contributed by atoms with E-state index >= 15 is 0 Å². The number of carbonyl (C=O) groups is 1. The molecule has 0 spiro atoms. The molecule has 0 aliphatic carbocycles. The standard InChI is InChI=1S/C20H32N6O4/c1-7-14-11-25(19(29)30-20(3,4)5)15(8-2)10-24(14)17-21-18(28)23(6)16-9-13(12-27)22-26(16)17/h9,14-15,27H,7-8,10-12H2,1-6H3/t14-,15+/m0/s1. The zero-order valence-electron chi connectivity index (χ0n) is 18.6. The fourth-order valence-corrected chi connectivity index (χ4v) is 3.81. The van der Waals surface area contributed by atoms with Gasteiger partial charge in [0.05, 0.1) is 18.3 Å². The highest BCUT2D eigenvalue weighted by Crippen LogP contribution is 2.26. The quantitative estimate of drug-likeness (QED) is 0.800. The first-order chi connectivity index (χ1) is 14.1. The van der Waals surface area contributed by atoms with Crippen LogP contribution in [0.25, 0.3) is 5.65 Å². The molecule has 2 aromatic rings. The Labute approximate surface area is 176 Å². The molecule has 30 heavy (non-hydrogen) atoms. The lowest BCUT2D eigenvalue weighted by molar-refractivity contribution is 0.00970. The lowest BCUT2D eigenvalue weighted by Crippen LogP contribution is -2.61. The van der Waals surface area contributed by atoms with Crippen LogP contribution in [-0.4, -0.2) is 66.0 Å². The Bertz CT molecular complexity index is 976. The molecule has 0 aromatic carbocycles. The Hall–Kier alpha value is -2.62. The van der Waals surface area contributed by atoms with E-state index in [4.69, 9.17) is 4.74 Å². The van der Waals surface area contributed by atoms with Crippen LogP contribution in [0.15, 0.2) is 10.9 Å². The van der Waals surface area contributed by atoms with Gasteiger partial charge in [0.15, 0.2) is 0 Å². The molecule has 0 radical (unpaired) electrons. The van der Waals surface area contributed by atoms with Crippen LogP contribution in [0.2, 0.25) is 0 Å². The van der Waals surface area contributed by atoms with Crippen LogP contribution in [0.4, 0.5) is 10.7 Å². The topological polar surface area (TPSA) is 105 Å². The first kappa shape index (κ1) is 22.1. The van der Waals surface area contributed by atoms with E-state index < -0.39 is 5.60 Å². The van der Waals surface area contributed by atoms with Gasteiger partial charge in [-0.15, -0.1) is 0 Å². The Morgan fingerprint density at radius 1 is 1.23 bits per heavy atom. The van der Waals surface area contributed by atoms with Gasteiger partial charge in [0.25, 0.3) is 0 Å². The predicted molar refractivity (Wildman–Crippen MR) is 113 cm³/mol. The molecule has 1 fully saturated rings. The summed E-state index contributed by atoms with van der Waals surface area (Å²) in [5.41, 5.74) is 0.0705. The summed E-state index contributed by atoms with van der Waals surface area (Å²) in [5.74, 6) is 0.432. The van der Waals surface area contributed by atoms with Crippen molar-refractivity contribution in [1.82, 2.24) is 24.1 Å². The maximum Gasteiger partial charge on any atom is 0.410 e.